The molecule has 0 bridgehead atoms. The molecule has 35 heavy (non-hydrogen) atoms. The van der Waals surface area contributed by atoms with Gasteiger partial charge in [0.05, 0.1) is 16.7 Å². The van der Waals surface area contributed by atoms with Gasteiger partial charge in [0.15, 0.2) is 17.5 Å². The summed E-state index contributed by atoms with van der Waals surface area (Å²) in [5.74, 6) is -0.0172. The van der Waals surface area contributed by atoms with E-state index in [2.05, 4.69) is 29.0 Å². The number of aromatic nitrogens is 4. The van der Waals surface area contributed by atoms with Crippen LogP contribution in [0.3, 0.4) is 0 Å². The molecule has 0 aliphatic heterocycles. The molecule has 2 aromatic carbocycles. The molecule has 5 aromatic rings. The highest BCUT2D eigenvalue weighted by Crippen LogP contribution is 2.31. The van der Waals surface area contributed by atoms with Gasteiger partial charge in [-0.15, -0.1) is 0 Å². The number of aryl methyl sites for hydroxylation is 1. The maximum absolute atomic E-state index is 14.9. The lowest BCUT2D eigenvalue weighted by atomic mass is 10.1. The molecule has 11 heteroatoms. The van der Waals surface area contributed by atoms with Gasteiger partial charge in [-0.2, -0.15) is 4.36 Å². The number of hydrogen-bond acceptors (Lipinski definition) is 7. The van der Waals surface area contributed by atoms with E-state index < -0.39 is 21.3 Å². The van der Waals surface area contributed by atoms with Crippen molar-refractivity contribution in [2.24, 2.45) is 4.36 Å². The summed E-state index contributed by atoms with van der Waals surface area (Å²) in [4.78, 5) is 21.3. The summed E-state index contributed by atoms with van der Waals surface area (Å²) in [6, 6.07) is 15.1. The number of hydrogen-bond donors (Lipinski definition) is 2. The number of rotatable bonds is 5. The van der Waals surface area contributed by atoms with E-state index in [0.717, 1.165) is 5.56 Å². The van der Waals surface area contributed by atoms with Gasteiger partial charge >= 0.3 is 5.76 Å². The van der Waals surface area contributed by atoms with Crippen molar-refractivity contribution in [3.63, 3.8) is 0 Å². The van der Waals surface area contributed by atoms with E-state index in [1.165, 1.54) is 6.07 Å². The number of nitrogens with one attached hydrogen (secondary N) is 2. The lowest BCUT2D eigenvalue weighted by Crippen LogP contribution is -1.96. The van der Waals surface area contributed by atoms with E-state index in [4.69, 9.17) is 4.74 Å². The molecule has 0 saturated heterocycles. The van der Waals surface area contributed by atoms with E-state index >= 15 is 0 Å². The number of halogens is 1. The Hall–Kier alpha value is -4.25. The Balaban J connectivity index is 1.45. The second-order valence-corrected chi connectivity index (χ2v) is 10.8. The van der Waals surface area contributed by atoms with Crippen LogP contribution in [-0.4, -0.2) is 36.8 Å². The Morgan fingerprint density at radius 1 is 1.06 bits per heavy atom. The Labute approximate surface area is 199 Å². The molecule has 5 rings (SSSR count). The molecule has 0 radical (unpaired) electrons. The van der Waals surface area contributed by atoms with E-state index in [1.54, 1.807) is 55.0 Å². The van der Waals surface area contributed by atoms with Crippen molar-refractivity contribution >= 4 is 26.4 Å². The number of fused-ring (bicyclic) bond motifs is 1. The zero-order valence-corrected chi connectivity index (χ0v) is 19.8. The van der Waals surface area contributed by atoms with E-state index in [0.29, 0.717) is 45.3 Å². The first kappa shape index (κ1) is 22.5. The quantitative estimate of drug-likeness (QED) is 0.348. The van der Waals surface area contributed by atoms with Crippen molar-refractivity contribution in [2.75, 3.05) is 12.5 Å². The van der Waals surface area contributed by atoms with Crippen LogP contribution in [0.25, 0.3) is 33.7 Å². The molecule has 0 aliphatic carbocycles. The second kappa shape index (κ2) is 8.51. The fourth-order valence-corrected chi connectivity index (χ4v) is 4.22. The normalized spacial score (nSPS) is 11.7. The van der Waals surface area contributed by atoms with Gasteiger partial charge in [0.2, 0.25) is 0 Å². The van der Waals surface area contributed by atoms with Gasteiger partial charge in [-0.25, -0.2) is 18.4 Å². The van der Waals surface area contributed by atoms with Crippen molar-refractivity contribution in [2.45, 2.75) is 6.92 Å². The first-order chi connectivity index (χ1) is 16.6. The van der Waals surface area contributed by atoms with Gasteiger partial charge in [-0.3, -0.25) is 9.51 Å². The van der Waals surface area contributed by atoms with Crippen LogP contribution in [0.1, 0.15) is 5.56 Å². The number of H-pyrrole nitrogens is 2. The Kier molecular flexibility index (Phi) is 5.48. The maximum atomic E-state index is 14.9. The molecule has 3 heterocycles. The van der Waals surface area contributed by atoms with Crippen LogP contribution in [0.15, 0.2) is 68.3 Å². The predicted octanol–water partition coefficient (Wildman–Crippen LogP) is 5.17. The van der Waals surface area contributed by atoms with E-state index in [-0.39, 0.29) is 5.69 Å². The first-order valence-corrected chi connectivity index (χ1v) is 12.8. The molecule has 0 saturated carbocycles. The minimum Gasteiger partial charge on any atom is -0.441 e. The predicted molar refractivity (Wildman–Crippen MR) is 131 cm³/mol. The van der Waals surface area contributed by atoms with Gasteiger partial charge < -0.3 is 9.72 Å². The minimum absolute atomic E-state index is 0.177. The zero-order chi connectivity index (χ0) is 24.7. The highest BCUT2D eigenvalue weighted by atomic mass is 32.2. The molecule has 3 aromatic heterocycles. The molecular weight excluding hydrogens is 473 g/mol. The molecule has 9 nitrogen and oxygen atoms in total. The third-order valence-corrected chi connectivity index (χ3v) is 5.78. The third-order valence-electron chi connectivity index (χ3n) is 5.13. The highest BCUT2D eigenvalue weighted by molar-refractivity contribution is 7.92. The zero-order valence-electron chi connectivity index (χ0n) is 19.0. The average Bonchev–Trinajstić information content (AvgIpc) is 3.39. The van der Waals surface area contributed by atoms with Crippen LogP contribution < -0.4 is 10.5 Å². The summed E-state index contributed by atoms with van der Waals surface area (Å²) in [6.45, 7) is 1.87. The molecule has 0 aliphatic rings. The van der Waals surface area contributed by atoms with Gasteiger partial charge in [0.1, 0.15) is 11.4 Å². The molecule has 2 N–H and O–H groups in total. The SMILES string of the molecule is Cc1ccc(Oc2cc3nc(-c4ccc(N=S(C)(C)=O)cc4)c(F)cc3[nH]2)cc1-c1noc(=O)[nH]1. The van der Waals surface area contributed by atoms with Crippen molar-refractivity contribution in [1.29, 1.82) is 0 Å². The summed E-state index contributed by atoms with van der Waals surface area (Å²) in [7, 11) is -2.29. The number of pyridine rings is 1. The van der Waals surface area contributed by atoms with Crippen LogP contribution >= 0.6 is 0 Å². The number of nitrogens with zero attached hydrogens (tertiary/aromatic N) is 3. The molecule has 178 valence electrons. The third kappa shape index (κ3) is 4.85. The molecular formula is C24H20FN5O4S. The fraction of sp³-hybridized carbons (Fsp3) is 0.125. The summed E-state index contributed by atoms with van der Waals surface area (Å²) in [5, 5.41) is 3.72. The first-order valence-electron chi connectivity index (χ1n) is 10.5. The van der Waals surface area contributed by atoms with Crippen molar-refractivity contribution in [3.05, 3.63) is 76.5 Å². The molecule has 0 unspecified atom stereocenters. The highest BCUT2D eigenvalue weighted by Gasteiger charge is 2.14. The van der Waals surface area contributed by atoms with Gasteiger partial charge in [0, 0.05) is 45.5 Å². The number of ether oxygens (including phenoxy) is 1. The fourth-order valence-electron chi connectivity index (χ4n) is 3.59. The summed E-state index contributed by atoms with van der Waals surface area (Å²) in [5.41, 5.74) is 3.79. The second-order valence-electron chi connectivity index (χ2n) is 8.23. The maximum Gasteiger partial charge on any atom is 0.439 e. The standard InChI is InChI=1S/C24H20FN5O4S/c1-13-4-9-16(10-17(13)23-28-24(31)34-29-23)33-21-12-20-19(26-21)11-18(25)22(27-20)14-5-7-15(8-6-14)30-35(2,3)32/h4-12,26H,1-3H3,(H,28,29,31). The smallest absolute Gasteiger partial charge is 0.439 e. The lowest BCUT2D eigenvalue weighted by Gasteiger charge is -2.06. The summed E-state index contributed by atoms with van der Waals surface area (Å²) in [6.07, 6.45) is 3.10. The number of benzene rings is 2. The lowest BCUT2D eigenvalue weighted by molar-refractivity contribution is 0.388. The average molecular weight is 494 g/mol. The summed E-state index contributed by atoms with van der Waals surface area (Å²) < 4.78 is 41.4. The van der Waals surface area contributed by atoms with Crippen LogP contribution in [0.5, 0.6) is 11.6 Å². The van der Waals surface area contributed by atoms with E-state index in [1.807, 2.05) is 13.0 Å². The number of aromatic amines is 2. The van der Waals surface area contributed by atoms with E-state index in [9.17, 15) is 13.4 Å². The Morgan fingerprint density at radius 3 is 2.51 bits per heavy atom. The minimum atomic E-state index is -2.29. The molecule has 0 amide bonds. The molecule has 0 atom stereocenters. The summed E-state index contributed by atoms with van der Waals surface area (Å²) >= 11 is 0. The van der Waals surface area contributed by atoms with Gasteiger partial charge in [-0.05, 0) is 36.8 Å². The molecule has 0 spiro atoms. The van der Waals surface area contributed by atoms with Crippen LogP contribution in [-0.2, 0) is 9.73 Å². The Morgan fingerprint density at radius 2 is 1.83 bits per heavy atom. The monoisotopic (exact) mass is 493 g/mol. The van der Waals surface area contributed by atoms with Crippen LogP contribution in [0.4, 0.5) is 10.1 Å². The van der Waals surface area contributed by atoms with Crippen LogP contribution in [0.2, 0.25) is 0 Å². The largest absolute Gasteiger partial charge is 0.441 e. The Bertz CT molecular complexity index is 1740. The van der Waals surface area contributed by atoms with Crippen molar-refractivity contribution < 1.29 is 17.9 Å². The molecule has 0 fully saturated rings. The van der Waals surface area contributed by atoms with Crippen molar-refractivity contribution in [1.82, 2.24) is 20.1 Å². The van der Waals surface area contributed by atoms with Gasteiger partial charge in [0.25, 0.3) is 0 Å². The topological polar surface area (TPSA) is 126 Å². The van der Waals surface area contributed by atoms with Crippen molar-refractivity contribution in [3.8, 4) is 34.3 Å². The van der Waals surface area contributed by atoms with Crippen LogP contribution in [0, 0.1) is 12.7 Å². The van der Waals surface area contributed by atoms with Gasteiger partial charge in [-0.1, -0.05) is 23.4 Å².